The number of hydrogen-bond acceptors (Lipinski definition) is 1. The molecule has 1 aliphatic carbocycles. The van der Waals surface area contributed by atoms with Crippen molar-refractivity contribution in [1.82, 2.24) is 0 Å². The Kier molecular flexibility index (Phi) is 1.56. The second-order valence-electron chi connectivity index (χ2n) is 3.41. The van der Waals surface area contributed by atoms with E-state index in [-0.39, 0.29) is 0 Å². The van der Waals surface area contributed by atoms with Gasteiger partial charge >= 0.3 is 0 Å². The van der Waals surface area contributed by atoms with E-state index in [1.807, 2.05) is 31.2 Å². The summed E-state index contributed by atoms with van der Waals surface area (Å²) in [6.45, 7) is 1.98. The molecule has 1 aromatic rings. The van der Waals surface area contributed by atoms with Crippen molar-refractivity contribution < 1.29 is 4.39 Å². The summed E-state index contributed by atoms with van der Waals surface area (Å²) in [4.78, 5) is 0. The molecule has 1 fully saturated rings. The fourth-order valence-corrected chi connectivity index (χ4v) is 1.19. The van der Waals surface area contributed by atoms with Crippen molar-refractivity contribution in [3.63, 3.8) is 0 Å². The number of nitrogens with one attached hydrogen (secondary N) is 1. The third-order valence-electron chi connectivity index (χ3n) is 2.19. The van der Waals surface area contributed by atoms with Crippen LogP contribution < -0.4 is 5.32 Å². The van der Waals surface area contributed by atoms with Crippen molar-refractivity contribution in [2.24, 2.45) is 0 Å². The molecule has 0 radical (unpaired) electrons. The molecule has 1 saturated carbocycles. The predicted molar refractivity (Wildman–Crippen MR) is 47.9 cm³/mol. The Balaban J connectivity index is 2.17. The lowest BCUT2D eigenvalue weighted by Gasteiger charge is -2.11. The Labute approximate surface area is 71.6 Å². The molecule has 2 heteroatoms. The van der Waals surface area contributed by atoms with Crippen molar-refractivity contribution in [3.05, 3.63) is 29.8 Å². The van der Waals surface area contributed by atoms with Crippen molar-refractivity contribution in [1.29, 1.82) is 0 Å². The largest absolute Gasteiger partial charge is 0.353 e. The van der Waals surface area contributed by atoms with Crippen LogP contribution in [0.5, 0.6) is 0 Å². The van der Waals surface area contributed by atoms with E-state index in [9.17, 15) is 4.39 Å². The molecule has 0 amide bonds. The molecule has 12 heavy (non-hydrogen) atoms. The average Bonchev–Trinajstić information content (AvgIpc) is 2.74. The molecular weight excluding hydrogens is 153 g/mol. The SMILES string of the molecule is Cc1ccccc1NC1(F)CC1. The predicted octanol–water partition coefficient (Wildman–Crippen LogP) is 2.87. The Morgan fingerprint density at radius 1 is 1.33 bits per heavy atom. The molecular formula is C10H12FN. The van der Waals surface area contributed by atoms with Gasteiger partial charge in [0.2, 0.25) is 0 Å². The van der Waals surface area contributed by atoms with E-state index in [4.69, 9.17) is 0 Å². The fourth-order valence-electron chi connectivity index (χ4n) is 1.19. The number of hydrogen-bond donors (Lipinski definition) is 1. The van der Waals surface area contributed by atoms with Gasteiger partial charge in [0, 0.05) is 18.5 Å². The van der Waals surface area contributed by atoms with Crippen LogP contribution in [0.1, 0.15) is 18.4 Å². The van der Waals surface area contributed by atoms with Gasteiger partial charge in [-0.05, 0) is 18.6 Å². The summed E-state index contributed by atoms with van der Waals surface area (Å²) in [7, 11) is 0. The molecule has 0 bridgehead atoms. The topological polar surface area (TPSA) is 12.0 Å². The normalized spacial score (nSPS) is 18.8. The van der Waals surface area contributed by atoms with Crippen molar-refractivity contribution in [2.75, 3.05) is 5.32 Å². The summed E-state index contributed by atoms with van der Waals surface area (Å²) >= 11 is 0. The molecule has 0 aliphatic heterocycles. The second-order valence-corrected chi connectivity index (χ2v) is 3.41. The van der Waals surface area contributed by atoms with Gasteiger partial charge in [0.15, 0.2) is 5.79 Å². The molecule has 0 heterocycles. The van der Waals surface area contributed by atoms with Crippen molar-refractivity contribution in [2.45, 2.75) is 25.6 Å². The van der Waals surface area contributed by atoms with Crippen LogP contribution in [0.2, 0.25) is 0 Å². The van der Waals surface area contributed by atoms with Crippen LogP contribution in [0.25, 0.3) is 0 Å². The van der Waals surface area contributed by atoms with Crippen molar-refractivity contribution in [3.8, 4) is 0 Å². The van der Waals surface area contributed by atoms with Gasteiger partial charge in [-0.3, -0.25) is 0 Å². The summed E-state index contributed by atoms with van der Waals surface area (Å²) in [5.74, 6) is -1.11. The summed E-state index contributed by atoms with van der Waals surface area (Å²) in [5, 5.41) is 2.89. The van der Waals surface area contributed by atoms with Crippen LogP contribution in [0.3, 0.4) is 0 Å². The highest BCUT2D eigenvalue weighted by Crippen LogP contribution is 2.40. The lowest BCUT2D eigenvalue weighted by Crippen LogP contribution is -2.14. The number of para-hydroxylation sites is 1. The molecule has 1 aromatic carbocycles. The molecule has 2 rings (SSSR count). The highest BCUT2D eigenvalue weighted by atomic mass is 19.1. The smallest absolute Gasteiger partial charge is 0.180 e. The summed E-state index contributed by atoms with van der Waals surface area (Å²) < 4.78 is 13.3. The summed E-state index contributed by atoms with van der Waals surface area (Å²) in [5.41, 5.74) is 2.01. The van der Waals surface area contributed by atoms with E-state index < -0.39 is 5.79 Å². The Bertz CT molecular complexity index is 292. The second kappa shape index (κ2) is 2.47. The number of halogens is 1. The monoisotopic (exact) mass is 165 g/mol. The average molecular weight is 165 g/mol. The minimum absolute atomic E-state index is 0.640. The number of anilines is 1. The van der Waals surface area contributed by atoms with Crippen LogP contribution in [0.4, 0.5) is 10.1 Å². The lowest BCUT2D eigenvalue weighted by molar-refractivity contribution is 0.351. The zero-order chi connectivity index (χ0) is 8.60. The number of rotatable bonds is 2. The summed E-state index contributed by atoms with van der Waals surface area (Å²) in [6, 6.07) is 7.77. The van der Waals surface area contributed by atoms with E-state index in [0.717, 1.165) is 11.3 Å². The maximum Gasteiger partial charge on any atom is 0.180 e. The standard InChI is InChI=1S/C10H12FN/c1-8-4-2-3-5-9(8)12-10(11)6-7-10/h2-5,12H,6-7H2,1H3. The van der Waals surface area contributed by atoms with Crippen LogP contribution in [-0.4, -0.2) is 5.79 Å². The van der Waals surface area contributed by atoms with Gasteiger partial charge in [-0.2, -0.15) is 0 Å². The zero-order valence-corrected chi connectivity index (χ0v) is 7.10. The first-order valence-corrected chi connectivity index (χ1v) is 4.22. The first-order valence-electron chi connectivity index (χ1n) is 4.22. The minimum Gasteiger partial charge on any atom is -0.353 e. The molecule has 1 nitrogen and oxygen atoms in total. The molecule has 0 spiro atoms. The van der Waals surface area contributed by atoms with Crippen LogP contribution in [0, 0.1) is 6.92 Å². The van der Waals surface area contributed by atoms with Gasteiger partial charge in [0.25, 0.3) is 0 Å². The maximum atomic E-state index is 13.3. The first kappa shape index (κ1) is 7.59. The molecule has 0 unspecified atom stereocenters. The highest BCUT2D eigenvalue weighted by Gasteiger charge is 2.43. The highest BCUT2D eigenvalue weighted by molar-refractivity contribution is 5.52. The molecule has 0 saturated heterocycles. The van der Waals surface area contributed by atoms with E-state index in [1.54, 1.807) is 0 Å². The van der Waals surface area contributed by atoms with Gasteiger partial charge in [-0.25, -0.2) is 4.39 Å². The minimum atomic E-state index is -1.11. The third kappa shape index (κ3) is 1.42. The first-order chi connectivity index (χ1) is 5.70. The van der Waals surface area contributed by atoms with Gasteiger partial charge < -0.3 is 5.32 Å². The van der Waals surface area contributed by atoms with Gasteiger partial charge in [-0.15, -0.1) is 0 Å². The molecule has 0 aromatic heterocycles. The van der Waals surface area contributed by atoms with Crippen molar-refractivity contribution >= 4 is 5.69 Å². The number of aryl methyl sites for hydroxylation is 1. The Morgan fingerprint density at radius 2 is 2.00 bits per heavy atom. The molecule has 1 aliphatic rings. The molecule has 0 atom stereocenters. The van der Waals surface area contributed by atoms with Gasteiger partial charge in [0.05, 0.1) is 0 Å². The maximum absolute atomic E-state index is 13.3. The van der Waals surface area contributed by atoms with Gasteiger partial charge in [0.1, 0.15) is 0 Å². The van der Waals surface area contributed by atoms with E-state index in [2.05, 4.69) is 5.32 Å². The Hall–Kier alpha value is -1.05. The van der Waals surface area contributed by atoms with Crippen LogP contribution in [0.15, 0.2) is 24.3 Å². The Morgan fingerprint density at radius 3 is 2.58 bits per heavy atom. The van der Waals surface area contributed by atoms with Crippen LogP contribution in [-0.2, 0) is 0 Å². The van der Waals surface area contributed by atoms with Gasteiger partial charge in [-0.1, -0.05) is 18.2 Å². The molecule has 64 valence electrons. The van der Waals surface area contributed by atoms with E-state index in [1.165, 1.54) is 0 Å². The summed E-state index contributed by atoms with van der Waals surface area (Å²) in [6.07, 6.45) is 1.28. The van der Waals surface area contributed by atoms with E-state index >= 15 is 0 Å². The quantitative estimate of drug-likeness (QED) is 0.664. The number of alkyl halides is 1. The third-order valence-corrected chi connectivity index (χ3v) is 2.19. The molecule has 1 N–H and O–H groups in total. The van der Waals surface area contributed by atoms with E-state index in [0.29, 0.717) is 12.8 Å². The fraction of sp³-hybridized carbons (Fsp3) is 0.400. The van der Waals surface area contributed by atoms with Crippen LogP contribution >= 0.6 is 0 Å². The lowest BCUT2D eigenvalue weighted by atomic mass is 10.2. The number of benzene rings is 1. The zero-order valence-electron chi connectivity index (χ0n) is 7.10.